The van der Waals surface area contributed by atoms with Gasteiger partial charge in [-0.1, -0.05) is 26.0 Å². The number of hydrogen-bond donors (Lipinski definition) is 0. The second kappa shape index (κ2) is 8.92. The molecule has 1 aliphatic rings. The fourth-order valence-corrected chi connectivity index (χ4v) is 5.04. The molecule has 0 atom stereocenters. The molecule has 1 aromatic heterocycles. The van der Waals surface area contributed by atoms with Crippen molar-refractivity contribution in [3.05, 3.63) is 53.7 Å². The summed E-state index contributed by atoms with van der Waals surface area (Å²) in [5.74, 6) is 0.780. The standard InChI is InChI=1S/C21H28N4O3S/c1-4-25(5-2)29(27,28)18-10-9-17(3)19(16-18)21(26)24-14-12-23(13-15-24)20-8-6-7-11-22-20/h6-11,16H,4-5,12-15H2,1-3H3. The Morgan fingerprint density at radius 3 is 2.34 bits per heavy atom. The Kier molecular flexibility index (Phi) is 6.54. The molecule has 0 spiro atoms. The minimum atomic E-state index is -3.60. The molecule has 0 bridgehead atoms. The zero-order valence-corrected chi connectivity index (χ0v) is 18.0. The van der Waals surface area contributed by atoms with Crippen molar-refractivity contribution >= 4 is 21.7 Å². The summed E-state index contributed by atoms with van der Waals surface area (Å²) in [6.07, 6.45) is 1.76. The van der Waals surface area contributed by atoms with Gasteiger partial charge in [0.2, 0.25) is 10.0 Å². The van der Waals surface area contributed by atoms with Crippen LogP contribution in [0, 0.1) is 6.92 Å². The molecule has 0 saturated carbocycles. The number of sulfonamides is 1. The second-order valence-corrected chi connectivity index (χ2v) is 8.97. The summed E-state index contributed by atoms with van der Waals surface area (Å²) in [5, 5.41) is 0. The van der Waals surface area contributed by atoms with E-state index in [1.165, 1.54) is 10.4 Å². The summed E-state index contributed by atoms with van der Waals surface area (Å²) >= 11 is 0. The highest BCUT2D eigenvalue weighted by molar-refractivity contribution is 7.89. The number of piperazine rings is 1. The zero-order chi connectivity index (χ0) is 21.0. The SMILES string of the molecule is CCN(CC)S(=O)(=O)c1ccc(C)c(C(=O)N2CCN(c3ccccn3)CC2)c1. The Morgan fingerprint density at radius 1 is 1.07 bits per heavy atom. The van der Waals surface area contributed by atoms with Crippen molar-refractivity contribution in [3.63, 3.8) is 0 Å². The molecule has 8 heteroatoms. The molecule has 1 amide bonds. The van der Waals surface area contributed by atoms with Gasteiger partial charge in [0, 0.05) is 51.0 Å². The Bertz CT molecular complexity index is 951. The predicted octanol–water partition coefficient (Wildman–Crippen LogP) is 2.38. The number of aryl methyl sites for hydroxylation is 1. The number of rotatable bonds is 6. The van der Waals surface area contributed by atoms with Crippen molar-refractivity contribution in [1.29, 1.82) is 0 Å². The molecule has 0 N–H and O–H groups in total. The van der Waals surface area contributed by atoms with E-state index in [2.05, 4.69) is 9.88 Å². The molecular formula is C21H28N4O3S. The molecule has 1 fully saturated rings. The van der Waals surface area contributed by atoms with E-state index < -0.39 is 10.0 Å². The third-order valence-electron chi connectivity index (χ3n) is 5.32. The quantitative estimate of drug-likeness (QED) is 0.723. The van der Waals surface area contributed by atoms with Gasteiger partial charge in [0.25, 0.3) is 5.91 Å². The first-order valence-corrected chi connectivity index (χ1v) is 11.4. The maximum Gasteiger partial charge on any atom is 0.254 e. The summed E-state index contributed by atoms with van der Waals surface area (Å²) in [6.45, 7) is 8.77. The Hall–Kier alpha value is -2.45. The molecule has 1 aliphatic heterocycles. The number of amides is 1. The lowest BCUT2D eigenvalue weighted by Gasteiger charge is -2.35. The van der Waals surface area contributed by atoms with Crippen LogP contribution in [0.1, 0.15) is 29.8 Å². The van der Waals surface area contributed by atoms with Crippen LogP contribution in [0.5, 0.6) is 0 Å². The number of carbonyl (C=O) groups is 1. The maximum atomic E-state index is 13.1. The summed E-state index contributed by atoms with van der Waals surface area (Å²) in [6, 6.07) is 10.6. The molecule has 2 heterocycles. The molecule has 1 aromatic carbocycles. The average Bonchev–Trinajstić information content (AvgIpc) is 2.75. The van der Waals surface area contributed by atoms with E-state index in [0.29, 0.717) is 44.8 Å². The van der Waals surface area contributed by atoms with Gasteiger partial charge < -0.3 is 9.80 Å². The lowest BCUT2D eigenvalue weighted by molar-refractivity contribution is 0.0745. The monoisotopic (exact) mass is 416 g/mol. The molecule has 156 valence electrons. The van der Waals surface area contributed by atoms with Crippen molar-refractivity contribution in [2.24, 2.45) is 0 Å². The van der Waals surface area contributed by atoms with E-state index in [1.807, 2.05) is 39.0 Å². The highest BCUT2D eigenvalue weighted by Crippen LogP contribution is 2.22. The van der Waals surface area contributed by atoms with Crippen LogP contribution < -0.4 is 4.90 Å². The van der Waals surface area contributed by atoms with E-state index in [0.717, 1.165) is 11.4 Å². The van der Waals surface area contributed by atoms with Gasteiger partial charge in [-0.3, -0.25) is 4.79 Å². The van der Waals surface area contributed by atoms with Crippen molar-refractivity contribution in [1.82, 2.24) is 14.2 Å². The van der Waals surface area contributed by atoms with Crippen molar-refractivity contribution in [3.8, 4) is 0 Å². The number of aromatic nitrogens is 1. The summed E-state index contributed by atoms with van der Waals surface area (Å²) in [7, 11) is -3.60. The van der Waals surface area contributed by atoms with Gasteiger partial charge in [0.15, 0.2) is 0 Å². The molecule has 0 unspecified atom stereocenters. The molecule has 2 aromatic rings. The van der Waals surface area contributed by atoms with Gasteiger partial charge in [-0.05, 0) is 36.8 Å². The van der Waals surface area contributed by atoms with Crippen molar-refractivity contribution in [2.75, 3.05) is 44.2 Å². The summed E-state index contributed by atoms with van der Waals surface area (Å²) < 4.78 is 27.1. The van der Waals surface area contributed by atoms with Gasteiger partial charge in [0.05, 0.1) is 4.90 Å². The Labute approximate surface area is 173 Å². The van der Waals surface area contributed by atoms with Gasteiger partial charge in [-0.15, -0.1) is 0 Å². The zero-order valence-electron chi connectivity index (χ0n) is 17.2. The number of carbonyl (C=O) groups excluding carboxylic acids is 1. The van der Waals surface area contributed by atoms with Crippen LogP contribution in [-0.4, -0.2) is 67.8 Å². The first kappa shape index (κ1) is 21.3. The molecule has 3 rings (SSSR count). The smallest absolute Gasteiger partial charge is 0.254 e. The van der Waals surface area contributed by atoms with Crippen molar-refractivity contribution < 1.29 is 13.2 Å². The van der Waals surface area contributed by atoms with Gasteiger partial charge in [-0.25, -0.2) is 13.4 Å². The third kappa shape index (κ3) is 4.43. The number of anilines is 1. The lowest BCUT2D eigenvalue weighted by Crippen LogP contribution is -2.49. The van der Waals surface area contributed by atoms with Gasteiger partial charge in [-0.2, -0.15) is 4.31 Å². The largest absolute Gasteiger partial charge is 0.353 e. The summed E-state index contributed by atoms with van der Waals surface area (Å²) in [4.78, 5) is 21.6. The summed E-state index contributed by atoms with van der Waals surface area (Å²) in [5.41, 5.74) is 1.23. The molecule has 0 radical (unpaired) electrons. The highest BCUT2D eigenvalue weighted by Gasteiger charge is 2.27. The highest BCUT2D eigenvalue weighted by atomic mass is 32.2. The average molecular weight is 417 g/mol. The van der Waals surface area contributed by atoms with Crippen LogP contribution in [-0.2, 0) is 10.0 Å². The first-order valence-electron chi connectivity index (χ1n) is 9.94. The van der Waals surface area contributed by atoms with Gasteiger partial charge in [0.1, 0.15) is 5.82 Å². The van der Waals surface area contributed by atoms with E-state index >= 15 is 0 Å². The first-order chi connectivity index (χ1) is 13.9. The molecule has 0 aliphatic carbocycles. The predicted molar refractivity (Wildman–Crippen MR) is 114 cm³/mol. The molecule has 1 saturated heterocycles. The number of benzene rings is 1. The van der Waals surface area contributed by atoms with Crippen LogP contribution in [0.15, 0.2) is 47.5 Å². The van der Waals surface area contributed by atoms with E-state index in [9.17, 15) is 13.2 Å². The molecular weight excluding hydrogens is 388 g/mol. The number of pyridine rings is 1. The van der Waals surface area contributed by atoms with Crippen LogP contribution in [0.25, 0.3) is 0 Å². The van der Waals surface area contributed by atoms with E-state index in [4.69, 9.17) is 0 Å². The normalized spacial score (nSPS) is 15.0. The Balaban J connectivity index is 1.78. The van der Waals surface area contributed by atoms with Crippen LogP contribution >= 0.6 is 0 Å². The minimum Gasteiger partial charge on any atom is -0.353 e. The molecule has 7 nitrogen and oxygen atoms in total. The lowest BCUT2D eigenvalue weighted by atomic mass is 10.1. The fraction of sp³-hybridized carbons (Fsp3) is 0.429. The molecule has 29 heavy (non-hydrogen) atoms. The fourth-order valence-electron chi connectivity index (χ4n) is 3.55. The Morgan fingerprint density at radius 2 is 1.76 bits per heavy atom. The van der Waals surface area contributed by atoms with Crippen molar-refractivity contribution in [2.45, 2.75) is 25.7 Å². The van der Waals surface area contributed by atoms with Crippen LogP contribution in [0.3, 0.4) is 0 Å². The van der Waals surface area contributed by atoms with Crippen LogP contribution in [0.4, 0.5) is 5.82 Å². The van der Waals surface area contributed by atoms with Crippen LogP contribution in [0.2, 0.25) is 0 Å². The van der Waals surface area contributed by atoms with E-state index in [-0.39, 0.29) is 10.8 Å². The second-order valence-electron chi connectivity index (χ2n) is 7.03. The van der Waals surface area contributed by atoms with Gasteiger partial charge >= 0.3 is 0 Å². The topological polar surface area (TPSA) is 73.8 Å². The minimum absolute atomic E-state index is 0.125. The van der Waals surface area contributed by atoms with E-state index in [1.54, 1.807) is 23.2 Å². The number of nitrogens with zero attached hydrogens (tertiary/aromatic N) is 4. The third-order valence-corrected chi connectivity index (χ3v) is 7.37. The maximum absolute atomic E-state index is 13.1. The number of hydrogen-bond acceptors (Lipinski definition) is 5.